The number of carbonyl (C=O) groups is 2. The summed E-state index contributed by atoms with van der Waals surface area (Å²) in [5, 5.41) is 14.2. The minimum absolute atomic E-state index is 0.0615. The molecule has 0 fully saturated rings. The zero-order valence-electron chi connectivity index (χ0n) is 13.4. The van der Waals surface area contributed by atoms with Crippen LogP contribution in [0.3, 0.4) is 0 Å². The molecule has 0 atom stereocenters. The van der Waals surface area contributed by atoms with Crippen molar-refractivity contribution >= 4 is 23.2 Å². The Morgan fingerprint density at radius 3 is 2.52 bits per heavy atom. The Bertz CT molecular complexity index is 705. The number of aryl methyl sites for hydroxylation is 1. The molecule has 0 spiro atoms. The summed E-state index contributed by atoms with van der Waals surface area (Å²) >= 11 is 1.43. The lowest BCUT2D eigenvalue weighted by molar-refractivity contribution is -0.146. The highest BCUT2D eigenvalue weighted by molar-refractivity contribution is 7.09. The van der Waals surface area contributed by atoms with Crippen LogP contribution in [-0.2, 0) is 11.2 Å². The molecule has 0 bridgehead atoms. The second-order valence-corrected chi connectivity index (χ2v) is 7.10. The summed E-state index contributed by atoms with van der Waals surface area (Å²) < 4.78 is 0. The van der Waals surface area contributed by atoms with Crippen LogP contribution in [0.15, 0.2) is 29.6 Å². The fourth-order valence-corrected chi connectivity index (χ4v) is 2.65. The van der Waals surface area contributed by atoms with Gasteiger partial charge in [0, 0.05) is 18.3 Å². The number of carboxylic acids is 1. The van der Waals surface area contributed by atoms with Crippen molar-refractivity contribution in [1.82, 2.24) is 10.3 Å². The molecule has 0 aliphatic heterocycles. The summed E-state index contributed by atoms with van der Waals surface area (Å²) in [6.45, 7) is 5.24. The summed E-state index contributed by atoms with van der Waals surface area (Å²) in [5.74, 6) is -1.29. The predicted molar refractivity (Wildman–Crippen MR) is 89.8 cm³/mol. The fourth-order valence-electron chi connectivity index (χ4n) is 1.84. The summed E-state index contributed by atoms with van der Waals surface area (Å²) in [4.78, 5) is 27.4. The summed E-state index contributed by atoms with van der Waals surface area (Å²) in [7, 11) is 0. The Labute approximate surface area is 139 Å². The SMILES string of the molecule is Cc1ccc(Cc2nc(C(=O)NCC(C)(C)C(=O)O)cs2)cc1. The van der Waals surface area contributed by atoms with Crippen molar-refractivity contribution in [2.24, 2.45) is 5.41 Å². The number of amides is 1. The summed E-state index contributed by atoms with van der Waals surface area (Å²) in [6.07, 6.45) is 0.679. The van der Waals surface area contributed by atoms with Crippen molar-refractivity contribution in [2.45, 2.75) is 27.2 Å². The van der Waals surface area contributed by atoms with E-state index in [0.717, 1.165) is 10.6 Å². The van der Waals surface area contributed by atoms with Crippen molar-refractivity contribution < 1.29 is 14.7 Å². The molecule has 1 heterocycles. The zero-order valence-corrected chi connectivity index (χ0v) is 14.2. The van der Waals surface area contributed by atoms with Gasteiger partial charge in [0.2, 0.25) is 0 Å². The zero-order chi connectivity index (χ0) is 17.0. The fraction of sp³-hybridized carbons (Fsp3) is 0.353. The number of carbonyl (C=O) groups excluding carboxylic acids is 1. The second kappa shape index (κ2) is 6.91. The average molecular weight is 332 g/mol. The lowest BCUT2D eigenvalue weighted by atomic mass is 9.94. The molecule has 1 aromatic carbocycles. The van der Waals surface area contributed by atoms with E-state index in [9.17, 15) is 9.59 Å². The molecule has 1 aromatic heterocycles. The van der Waals surface area contributed by atoms with Crippen molar-refractivity contribution in [3.63, 3.8) is 0 Å². The lowest BCUT2D eigenvalue weighted by Crippen LogP contribution is -2.39. The monoisotopic (exact) mass is 332 g/mol. The van der Waals surface area contributed by atoms with E-state index in [-0.39, 0.29) is 12.5 Å². The van der Waals surface area contributed by atoms with Crippen molar-refractivity contribution in [3.05, 3.63) is 51.5 Å². The number of thiazole rings is 1. The van der Waals surface area contributed by atoms with Gasteiger partial charge in [-0.05, 0) is 26.3 Å². The van der Waals surface area contributed by atoms with Crippen LogP contribution in [0.5, 0.6) is 0 Å². The van der Waals surface area contributed by atoms with Crippen LogP contribution in [0.4, 0.5) is 0 Å². The number of nitrogens with zero attached hydrogens (tertiary/aromatic N) is 1. The number of carboxylic acid groups (broad SMARTS) is 1. The smallest absolute Gasteiger partial charge is 0.310 e. The molecule has 2 aromatic rings. The number of hydrogen-bond donors (Lipinski definition) is 2. The molecule has 0 saturated carbocycles. The Balaban J connectivity index is 1.97. The molecule has 2 rings (SSSR count). The average Bonchev–Trinajstić information content (AvgIpc) is 2.96. The maximum atomic E-state index is 12.1. The van der Waals surface area contributed by atoms with E-state index >= 15 is 0 Å². The number of aliphatic carboxylic acids is 1. The molecule has 6 heteroatoms. The number of benzene rings is 1. The van der Waals surface area contributed by atoms with Crippen LogP contribution in [-0.4, -0.2) is 28.5 Å². The molecule has 122 valence electrons. The number of aromatic nitrogens is 1. The van der Waals surface area contributed by atoms with E-state index in [2.05, 4.69) is 10.3 Å². The Hall–Kier alpha value is -2.21. The Morgan fingerprint density at radius 1 is 1.26 bits per heavy atom. The molecule has 0 saturated heterocycles. The van der Waals surface area contributed by atoms with Gasteiger partial charge in [0.25, 0.3) is 5.91 Å². The molecular formula is C17H20N2O3S. The molecule has 1 amide bonds. The molecule has 23 heavy (non-hydrogen) atoms. The number of rotatable bonds is 6. The maximum absolute atomic E-state index is 12.1. The predicted octanol–water partition coefficient (Wildman–Crippen LogP) is 2.88. The van der Waals surface area contributed by atoms with Gasteiger partial charge < -0.3 is 10.4 Å². The van der Waals surface area contributed by atoms with E-state index in [0.29, 0.717) is 12.1 Å². The third-order valence-electron chi connectivity index (χ3n) is 3.53. The van der Waals surface area contributed by atoms with Crippen LogP contribution in [0.25, 0.3) is 0 Å². The Kier molecular flexibility index (Phi) is 5.15. The highest BCUT2D eigenvalue weighted by Gasteiger charge is 2.28. The highest BCUT2D eigenvalue weighted by atomic mass is 32.1. The molecule has 0 aliphatic carbocycles. The van der Waals surface area contributed by atoms with Gasteiger partial charge in [0.05, 0.1) is 10.4 Å². The van der Waals surface area contributed by atoms with Gasteiger partial charge >= 0.3 is 5.97 Å². The lowest BCUT2D eigenvalue weighted by Gasteiger charge is -2.18. The largest absolute Gasteiger partial charge is 0.481 e. The van der Waals surface area contributed by atoms with Gasteiger partial charge in [-0.3, -0.25) is 9.59 Å². The van der Waals surface area contributed by atoms with Gasteiger partial charge in [-0.2, -0.15) is 0 Å². The van der Waals surface area contributed by atoms with Gasteiger partial charge in [0.15, 0.2) is 0 Å². The van der Waals surface area contributed by atoms with E-state index in [1.165, 1.54) is 16.9 Å². The van der Waals surface area contributed by atoms with E-state index in [1.54, 1.807) is 19.2 Å². The topological polar surface area (TPSA) is 79.3 Å². The van der Waals surface area contributed by atoms with Gasteiger partial charge in [-0.25, -0.2) is 4.98 Å². The first kappa shape index (κ1) is 17.1. The van der Waals surface area contributed by atoms with E-state index < -0.39 is 11.4 Å². The third kappa shape index (κ3) is 4.63. The molecule has 0 radical (unpaired) electrons. The van der Waals surface area contributed by atoms with Crippen LogP contribution in [0, 0.1) is 12.3 Å². The number of nitrogens with one attached hydrogen (secondary N) is 1. The van der Waals surface area contributed by atoms with Crippen LogP contribution in [0.2, 0.25) is 0 Å². The molecule has 5 nitrogen and oxygen atoms in total. The maximum Gasteiger partial charge on any atom is 0.310 e. The van der Waals surface area contributed by atoms with Gasteiger partial charge in [-0.15, -0.1) is 11.3 Å². The van der Waals surface area contributed by atoms with Crippen molar-refractivity contribution in [3.8, 4) is 0 Å². The van der Waals surface area contributed by atoms with Crippen molar-refractivity contribution in [2.75, 3.05) is 6.54 Å². The molecule has 2 N–H and O–H groups in total. The quantitative estimate of drug-likeness (QED) is 0.852. The van der Waals surface area contributed by atoms with E-state index in [1.807, 2.05) is 31.2 Å². The first-order chi connectivity index (χ1) is 10.8. The number of hydrogen-bond acceptors (Lipinski definition) is 4. The van der Waals surface area contributed by atoms with Gasteiger partial charge in [0.1, 0.15) is 5.69 Å². The van der Waals surface area contributed by atoms with Crippen LogP contribution in [0.1, 0.15) is 40.5 Å². The van der Waals surface area contributed by atoms with Crippen LogP contribution >= 0.6 is 11.3 Å². The molecule has 0 unspecified atom stereocenters. The normalized spacial score (nSPS) is 11.3. The summed E-state index contributed by atoms with van der Waals surface area (Å²) in [6, 6.07) is 8.19. The molecule has 0 aliphatic rings. The van der Waals surface area contributed by atoms with E-state index in [4.69, 9.17) is 5.11 Å². The first-order valence-corrected chi connectivity index (χ1v) is 8.17. The minimum atomic E-state index is -1.00. The third-order valence-corrected chi connectivity index (χ3v) is 4.38. The Morgan fingerprint density at radius 2 is 1.91 bits per heavy atom. The highest BCUT2D eigenvalue weighted by Crippen LogP contribution is 2.17. The second-order valence-electron chi connectivity index (χ2n) is 6.16. The minimum Gasteiger partial charge on any atom is -0.481 e. The first-order valence-electron chi connectivity index (χ1n) is 7.29. The molecular weight excluding hydrogens is 312 g/mol. The van der Waals surface area contributed by atoms with Crippen LogP contribution < -0.4 is 5.32 Å². The summed E-state index contributed by atoms with van der Waals surface area (Å²) in [5.41, 5.74) is 1.67. The van der Waals surface area contributed by atoms with Gasteiger partial charge in [-0.1, -0.05) is 29.8 Å². The standard InChI is InChI=1S/C17H20N2O3S/c1-11-4-6-12(7-5-11)8-14-19-13(9-23-14)15(20)18-10-17(2,3)16(21)22/h4-7,9H,8,10H2,1-3H3,(H,18,20)(H,21,22). The van der Waals surface area contributed by atoms with Crippen molar-refractivity contribution in [1.29, 1.82) is 0 Å².